The van der Waals surface area contributed by atoms with Crippen LogP contribution in [0.25, 0.3) is 10.9 Å². The van der Waals surface area contributed by atoms with Gasteiger partial charge in [-0.3, -0.25) is 0 Å². The molecule has 0 spiro atoms. The van der Waals surface area contributed by atoms with Crippen LogP contribution in [0.3, 0.4) is 0 Å². The van der Waals surface area contributed by atoms with E-state index in [0.29, 0.717) is 29.1 Å². The number of halogens is 1. The largest absolute Gasteiger partial charge is 0.494 e. The van der Waals surface area contributed by atoms with Crippen LogP contribution in [0.15, 0.2) is 47.6 Å². The smallest absolute Gasteiger partial charge is 0.222 e. The number of nitrogens with zero attached hydrogens (tertiary/aromatic N) is 2. The summed E-state index contributed by atoms with van der Waals surface area (Å²) in [5, 5.41) is 14.4. The van der Waals surface area contributed by atoms with Gasteiger partial charge < -0.3 is 14.4 Å². The van der Waals surface area contributed by atoms with Gasteiger partial charge in [0.05, 0.1) is 18.7 Å². The maximum Gasteiger partial charge on any atom is 0.222 e. The molecule has 0 aliphatic carbocycles. The Morgan fingerprint density at radius 3 is 2.62 bits per heavy atom. The highest BCUT2D eigenvalue weighted by atomic mass is 35.5. The van der Waals surface area contributed by atoms with Crippen LogP contribution in [0, 0.1) is 4.91 Å². The van der Waals surface area contributed by atoms with E-state index in [0.717, 1.165) is 24.2 Å². The third-order valence-corrected chi connectivity index (χ3v) is 4.58. The fraction of sp³-hybridized carbons (Fsp3) is 0.300. The van der Waals surface area contributed by atoms with Gasteiger partial charge in [-0.2, -0.15) is 0 Å². The second-order valence-corrected chi connectivity index (χ2v) is 6.65. The van der Waals surface area contributed by atoms with Crippen molar-refractivity contribution in [1.82, 2.24) is 4.57 Å². The number of nitroso groups, excluding NO2 is 1. The van der Waals surface area contributed by atoms with Crippen molar-refractivity contribution >= 4 is 28.2 Å². The number of fused-ring (bicyclic) bond motifs is 1. The molecule has 2 aromatic carbocycles. The first-order chi connectivity index (χ1) is 12.6. The molecule has 0 amide bonds. The molecule has 0 bridgehead atoms. The normalized spacial score (nSPS) is 11.0. The summed E-state index contributed by atoms with van der Waals surface area (Å²) >= 11 is 6.00. The standard InChI is InChI=1S/C20H21ClN2O3/c1-2-3-4-11-26-16-8-5-14(6-9-16)13-23-18-10-7-15(21)12-17(18)19(22-25)20(23)24/h5-10,12,24H,2-4,11,13H2,1H3. The number of benzene rings is 2. The van der Waals surface area contributed by atoms with E-state index in [1.165, 1.54) is 6.42 Å². The van der Waals surface area contributed by atoms with Crippen molar-refractivity contribution in [3.8, 4) is 11.6 Å². The van der Waals surface area contributed by atoms with Gasteiger partial charge in [0.25, 0.3) is 0 Å². The van der Waals surface area contributed by atoms with E-state index in [9.17, 15) is 10.0 Å². The number of aromatic nitrogens is 1. The monoisotopic (exact) mass is 372 g/mol. The minimum atomic E-state index is -0.155. The van der Waals surface area contributed by atoms with Gasteiger partial charge in [-0.15, -0.1) is 4.91 Å². The Kier molecular flexibility index (Phi) is 5.78. The minimum absolute atomic E-state index is 0.0124. The van der Waals surface area contributed by atoms with E-state index in [2.05, 4.69) is 12.1 Å². The van der Waals surface area contributed by atoms with Crippen molar-refractivity contribution < 1.29 is 9.84 Å². The van der Waals surface area contributed by atoms with E-state index in [-0.39, 0.29) is 11.6 Å². The third-order valence-electron chi connectivity index (χ3n) is 4.34. The number of ether oxygens (including phenoxy) is 1. The first-order valence-corrected chi connectivity index (χ1v) is 9.07. The van der Waals surface area contributed by atoms with Crippen molar-refractivity contribution in [2.45, 2.75) is 32.7 Å². The van der Waals surface area contributed by atoms with Crippen molar-refractivity contribution in [3.05, 3.63) is 58.0 Å². The molecule has 0 atom stereocenters. The summed E-state index contributed by atoms with van der Waals surface area (Å²) in [5.41, 5.74) is 1.70. The Labute approximate surface area is 157 Å². The highest BCUT2D eigenvalue weighted by Gasteiger charge is 2.18. The van der Waals surface area contributed by atoms with Crippen LogP contribution in [-0.2, 0) is 6.54 Å². The fourth-order valence-corrected chi connectivity index (χ4v) is 3.13. The van der Waals surface area contributed by atoms with Crippen LogP contribution < -0.4 is 4.74 Å². The summed E-state index contributed by atoms with van der Waals surface area (Å²) < 4.78 is 7.37. The van der Waals surface area contributed by atoms with Gasteiger partial charge in [-0.1, -0.05) is 43.5 Å². The van der Waals surface area contributed by atoms with Gasteiger partial charge in [0, 0.05) is 10.4 Å². The lowest BCUT2D eigenvalue weighted by molar-refractivity contribution is 0.306. The molecule has 136 valence electrons. The summed E-state index contributed by atoms with van der Waals surface area (Å²) in [6.07, 6.45) is 3.38. The number of rotatable bonds is 8. The Morgan fingerprint density at radius 1 is 1.15 bits per heavy atom. The van der Waals surface area contributed by atoms with E-state index in [1.54, 1.807) is 22.8 Å². The van der Waals surface area contributed by atoms with Crippen molar-refractivity contribution in [3.63, 3.8) is 0 Å². The van der Waals surface area contributed by atoms with Gasteiger partial charge in [0.2, 0.25) is 5.88 Å². The predicted octanol–water partition coefficient (Wildman–Crippen LogP) is 6.02. The molecule has 0 fully saturated rings. The average Bonchev–Trinajstić information content (AvgIpc) is 2.90. The summed E-state index contributed by atoms with van der Waals surface area (Å²) in [4.78, 5) is 11.1. The van der Waals surface area contributed by atoms with Crippen LogP contribution in [0.4, 0.5) is 5.69 Å². The Bertz CT molecular complexity index is 904. The molecule has 0 aliphatic heterocycles. The van der Waals surface area contributed by atoms with Crippen molar-refractivity contribution in [2.75, 3.05) is 6.61 Å². The van der Waals surface area contributed by atoms with Crippen LogP contribution in [-0.4, -0.2) is 16.3 Å². The summed E-state index contributed by atoms with van der Waals surface area (Å²) in [7, 11) is 0. The van der Waals surface area contributed by atoms with E-state index >= 15 is 0 Å². The lowest BCUT2D eigenvalue weighted by Crippen LogP contribution is -2.00. The Morgan fingerprint density at radius 2 is 1.92 bits per heavy atom. The Balaban J connectivity index is 1.81. The maximum absolute atomic E-state index is 11.1. The van der Waals surface area contributed by atoms with E-state index in [4.69, 9.17) is 16.3 Å². The highest BCUT2D eigenvalue weighted by molar-refractivity contribution is 6.31. The van der Waals surface area contributed by atoms with Gasteiger partial charge >= 0.3 is 0 Å². The van der Waals surface area contributed by atoms with E-state index in [1.807, 2.05) is 24.3 Å². The fourth-order valence-electron chi connectivity index (χ4n) is 2.96. The van der Waals surface area contributed by atoms with Gasteiger partial charge in [-0.05, 0) is 47.5 Å². The first-order valence-electron chi connectivity index (χ1n) is 8.70. The molecule has 6 heteroatoms. The van der Waals surface area contributed by atoms with Crippen LogP contribution >= 0.6 is 11.6 Å². The van der Waals surface area contributed by atoms with Gasteiger partial charge in [0.15, 0.2) is 5.69 Å². The lowest BCUT2D eigenvalue weighted by atomic mass is 10.2. The molecule has 3 aromatic rings. The lowest BCUT2D eigenvalue weighted by Gasteiger charge is -2.09. The molecular formula is C20H21ClN2O3. The summed E-state index contributed by atoms with van der Waals surface area (Å²) in [6.45, 7) is 3.29. The maximum atomic E-state index is 11.1. The summed E-state index contributed by atoms with van der Waals surface area (Å²) in [6, 6.07) is 12.9. The third kappa shape index (κ3) is 3.83. The summed E-state index contributed by atoms with van der Waals surface area (Å²) in [5.74, 6) is 0.672. The molecule has 0 aliphatic rings. The second-order valence-electron chi connectivity index (χ2n) is 6.21. The van der Waals surface area contributed by atoms with Crippen LogP contribution in [0.5, 0.6) is 11.6 Å². The molecule has 0 radical (unpaired) electrons. The zero-order chi connectivity index (χ0) is 18.5. The minimum Gasteiger partial charge on any atom is -0.494 e. The van der Waals surface area contributed by atoms with Gasteiger partial charge in [-0.25, -0.2) is 0 Å². The molecule has 1 N–H and O–H groups in total. The molecule has 5 nitrogen and oxygen atoms in total. The van der Waals surface area contributed by atoms with Crippen LogP contribution in [0.2, 0.25) is 5.02 Å². The molecule has 3 rings (SSSR count). The predicted molar refractivity (Wildman–Crippen MR) is 105 cm³/mol. The molecule has 26 heavy (non-hydrogen) atoms. The van der Waals surface area contributed by atoms with Gasteiger partial charge in [0.1, 0.15) is 5.75 Å². The molecular weight excluding hydrogens is 352 g/mol. The zero-order valence-electron chi connectivity index (χ0n) is 14.6. The van der Waals surface area contributed by atoms with Crippen molar-refractivity contribution in [2.24, 2.45) is 5.18 Å². The molecule has 0 unspecified atom stereocenters. The molecule has 1 aromatic heterocycles. The van der Waals surface area contributed by atoms with Crippen LogP contribution in [0.1, 0.15) is 31.7 Å². The van der Waals surface area contributed by atoms with Crippen molar-refractivity contribution in [1.29, 1.82) is 0 Å². The SMILES string of the molecule is CCCCCOc1ccc(Cn2c(O)c(N=O)c3cc(Cl)ccc32)cc1. The number of hydrogen-bond donors (Lipinski definition) is 1. The molecule has 0 saturated heterocycles. The van der Waals surface area contributed by atoms with E-state index < -0.39 is 0 Å². The first kappa shape index (κ1) is 18.3. The topological polar surface area (TPSA) is 63.8 Å². The average molecular weight is 373 g/mol. The zero-order valence-corrected chi connectivity index (χ0v) is 15.4. The quantitative estimate of drug-likeness (QED) is 0.388. The molecule has 0 saturated carbocycles. The Hall–Kier alpha value is -2.53. The second kappa shape index (κ2) is 8.23. The highest BCUT2D eigenvalue weighted by Crippen LogP contribution is 2.40. The number of aromatic hydroxyl groups is 1. The molecule has 1 heterocycles. The number of hydrogen-bond acceptors (Lipinski definition) is 4. The number of unbranched alkanes of at least 4 members (excludes halogenated alkanes) is 2.